The molecule has 1 fully saturated rings. The van der Waals surface area contributed by atoms with Crippen LogP contribution < -0.4 is 5.32 Å². The summed E-state index contributed by atoms with van der Waals surface area (Å²) in [6.07, 6.45) is 7.20. The van der Waals surface area contributed by atoms with E-state index < -0.39 is 0 Å². The molecule has 1 saturated carbocycles. The molecule has 5 heteroatoms. The van der Waals surface area contributed by atoms with Crippen LogP contribution in [0.2, 0.25) is 0 Å². The fraction of sp³-hybridized carbons (Fsp3) is 0.652. The van der Waals surface area contributed by atoms with E-state index in [-0.39, 0.29) is 17.9 Å². The van der Waals surface area contributed by atoms with Crippen LogP contribution in [-0.4, -0.2) is 54.8 Å². The molecule has 1 heterocycles. The molecule has 1 aliphatic heterocycles. The second-order valence-electron chi connectivity index (χ2n) is 8.67. The Morgan fingerprint density at radius 3 is 2.64 bits per heavy atom. The number of carbonyl (C=O) groups is 2. The highest BCUT2D eigenvalue weighted by molar-refractivity contribution is 5.79. The van der Waals surface area contributed by atoms with Gasteiger partial charge in [-0.2, -0.15) is 0 Å². The van der Waals surface area contributed by atoms with Crippen molar-refractivity contribution in [2.24, 2.45) is 5.92 Å². The molecule has 0 spiro atoms. The third kappa shape index (κ3) is 5.81. The number of carbonyl (C=O) groups excluding carboxylic acids is 2. The van der Waals surface area contributed by atoms with E-state index in [9.17, 15) is 9.59 Å². The van der Waals surface area contributed by atoms with Gasteiger partial charge in [-0.05, 0) is 56.8 Å². The van der Waals surface area contributed by atoms with Crippen LogP contribution in [-0.2, 0) is 22.6 Å². The van der Waals surface area contributed by atoms with Crippen molar-refractivity contribution >= 4 is 11.8 Å². The zero-order chi connectivity index (χ0) is 19.9. The van der Waals surface area contributed by atoms with Crippen molar-refractivity contribution in [3.8, 4) is 0 Å². The van der Waals surface area contributed by atoms with Gasteiger partial charge in [0, 0.05) is 38.5 Å². The summed E-state index contributed by atoms with van der Waals surface area (Å²) >= 11 is 0. The molecule has 1 aromatic carbocycles. The zero-order valence-corrected chi connectivity index (χ0v) is 17.5. The Labute approximate surface area is 169 Å². The lowest BCUT2D eigenvalue weighted by Gasteiger charge is -2.34. The average molecular weight is 386 g/mol. The third-order valence-electron chi connectivity index (χ3n) is 6.13. The van der Waals surface area contributed by atoms with Crippen LogP contribution in [0.4, 0.5) is 0 Å². The standard InChI is InChI=1S/C23H35N3O2/c1-25(2)16-20-10-5-6-11-21(20)24-22(27)12-7-13-23(28)26-15-14-18-8-3-4-9-19(18)17-26/h3-4,8-9,20-21H,5-7,10-17H2,1-2H3,(H,24,27). The summed E-state index contributed by atoms with van der Waals surface area (Å²) in [7, 11) is 4.19. The van der Waals surface area contributed by atoms with Gasteiger partial charge in [-0.1, -0.05) is 37.1 Å². The van der Waals surface area contributed by atoms with E-state index in [1.807, 2.05) is 11.0 Å². The van der Waals surface area contributed by atoms with Gasteiger partial charge in [0.15, 0.2) is 0 Å². The second-order valence-corrected chi connectivity index (χ2v) is 8.67. The maximum absolute atomic E-state index is 12.5. The van der Waals surface area contributed by atoms with Crippen LogP contribution in [0, 0.1) is 5.92 Å². The molecule has 0 saturated heterocycles. The predicted octanol–water partition coefficient (Wildman–Crippen LogP) is 2.98. The SMILES string of the molecule is CN(C)CC1CCCCC1NC(=O)CCCC(=O)N1CCc2ccccc2C1. The van der Waals surface area contributed by atoms with Crippen molar-refractivity contribution in [1.29, 1.82) is 0 Å². The molecule has 2 amide bonds. The summed E-state index contributed by atoms with van der Waals surface area (Å²) in [6, 6.07) is 8.64. The Kier molecular flexibility index (Phi) is 7.49. The Bertz CT molecular complexity index is 674. The quantitative estimate of drug-likeness (QED) is 0.785. The number of benzene rings is 1. The van der Waals surface area contributed by atoms with Crippen LogP contribution in [0.3, 0.4) is 0 Å². The maximum atomic E-state index is 12.5. The van der Waals surface area contributed by atoms with Gasteiger partial charge in [0.25, 0.3) is 0 Å². The lowest BCUT2D eigenvalue weighted by molar-refractivity contribution is -0.132. The molecular weight excluding hydrogens is 350 g/mol. The molecule has 0 bridgehead atoms. The monoisotopic (exact) mass is 385 g/mol. The van der Waals surface area contributed by atoms with Crippen molar-refractivity contribution in [3.63, 3.8) is 0 Å². The van der Waals surface area contributed by atoms with Gasteiger partial charge >= 0.3 is 0 Å². The van der Waals surface area contributed by atoms with E-state index in [1.165, 1.54) is 30.4 Å². The molecule has 3 rings (SSSR count). The van der Waals surface area contributed by atoms with E-state index >= 15 is 0 Å². The summed E-state index contributed by atoms with van der Waals surface area (Å²) in [5.74, 6) is 0.820. The minimum absolute atomic E-state index is 0.104. The molecule has 5 nitrogen and oxygen atoms in total. The van der Waals surface area contributed by atoms with E-state index in [1.54, 1.807) is 0 Å². The largest absolute Gasteiger partial charge is 0.353 e. The van der Waals surface area contributed by atoms with Crippen LogP contribution in [0.1, 0.15) is 56.1 Å². The Morgan fingerprint density at radius 1 is 1.11 bits per heavy atom. The van der Waals surface area contributed by atoms with E-state index in [2.05, 4.69) is 42.5 Å². The summed E-state index contributed by atoms with van der Waals surface area (Å²) in [6.45, 7) is 2.52. The van der Waals surface area contributed by atoms with Crippen molar-refractivity contribution in [3.05, 3.63) is 35.4 Å². The molecule has 1 aliphatic carbocycles. The number of amides is 2. The highest BCUT2D eigenvalue weighted by atomic mass is 16.2. The van der Waals surface area contributed by atoms with E-state index in [4.69, 9.17) is 0 Å². The zero-order valence-electron chi connectivity index (χ0n) is 17.5. The second kappa shape index (κ2) is 10.1. The van der Waals surface area contributed by atoms with Gasteiger partial charge in [0.1, 0.15) is 0 Å². The van der Waals surface area contributed by atoms with Crippen molar-refractivity contribution < 1.29 is 9.59 Å². The Morgan fingerprint density at radius 2 is 1.86 bits per heavy atom. The summed E-state index contributed by atoms with van der Waals surface area (Å²) in [5.41, 5.74) is 2.61. The number of nitrogens with zero attached hydrogens (tertiary/aromatic N) is 2. The van der Waals surface area contributed by atoms with Crippen LogP contribution in [0.5, 0.6) is 0 Å². The average Bonchev–Trinajstić information content (AvgIpc) is 2.68. The summed E-state index contributed by atoms with van der Waals surface area (Å²) in [5, 5.41) is 3.25. The highest BCUT2D eigenvalue weighted by Gasteiger charge is 2.27. The van der Waals surface area contributed by atoms with Crippen LogP contribution in [0.15, 0.2) is 24.3 Å². The van der Waals surface area contributed by atoms with Gasteiger partial charge in [-0.25, -0.2) is 0 Å². The molecule has 28 heavy (non-hydrogen) atoms. The molecule has 0 aromatic heterocycles. The predicted molar refractivity (Wildman–Crippen MR) is 112 cm³/mol. The Hall–Kier alpha value is -1.88. The third-order valence-corrected chi connectivity index (χ3v) is 6.13. The number of rotatable bonds is 7. The van der Waals surface area contributed by atoms with Crippen LogP contribution in [0.25, 0.3) is 0 Å². The van der Waals surface area contributed by atoms with Gasteiger partial charge in [0.2, 0.25) is 11.8 Å². The number of hydrogen-bond donors (Lipinski definition) is 1. The lowest BCUT2D eigenvalue weighted by Crippen LogP contribution is -2.45. The normalized spacial score (nSPS) is 22.0. The molecule has 0 radical (unpaired) electrons. The molecule has 1 aromatic rings. The van der Waals surface area contributed by atoms with E-state index in [0.29, 0.717) is 31.7 Å². The smallest absolute Gasteiger partial charge is 0.222 e. The van der Waals surface area contributed by atoms with E-state index in [0.717, 1.165) is 25.9 Å². The summed E-state index contributed by atoms with van der Waals surface area (Å²) in [4.78, 5) is 29.1. The van der Waals surface area contributed by atoms with Crippen molar-refractivity contribution in [2.75, 3.05) is 27.2 Å². The molecule has 1 N–H and O–H groups in total. The molecule has 2 unspecified atom stereocenters. The number of fused-ring (bicyclic) bond motifs is 1. The van der Waals surface area contributed by atoms with Crippen LogP contribution >= 0.6 is 0 Å². The van der Waals surface area contributed by atoms with Gasteiger partial charge in [-0.15, -0.1) is 0 Å². The maximum Gasteiger partial charge on any atom is 0.222 e. The first-order chi connectivity index (χ1) is 13.5. The molecule has 2 aliphatic rings. The first kappa shape index (κ1) is 20.8. The van der Waals surface area contributed by atoms with Crippen molar-refractivity contribution in [2.45, 2.75) is 64.0 Å². The fourth-order valence-electron chi connectivity index (χ4n) is 4.63. The molecule has 154 valence electrons. The van der Waals surface area contributed by atoms with Gasteiger partial charge < -0.3 is 15.1 Å². The molecule has 2 atom stereocenters. The van der Waals surface area contributed by atoms with Gasteiger partial charge in [0.05, 0.1) is 0 Å². The minimum Gasteiger partial charge on any atom is -0.353 e. The highest BCUT2D eigenvalue weighted by Crippen LogP contribution is 2.25. The number of nitrogens with one attached hydrogen (secondary N) is 1. The first-order valence-electron chi connectivity index (χ1n) is 10.8. The van der Waals surface area contributed by atoms with Gasteiger partial charge in [-0.3, -0.25) is 9.59 Å². The van der Waals surface area contributed by atoms with Crippen molar-refractivity contribution in [1.82, 2.24) is 15.1 Å². The Balaban J connectivity index is 1.39. The first-order valence-corrected chi connectivity index (χ1v) is 10.8. The minimum atomic E-state index is 0.104. The molecular formula is C23H35N3O2. The summed E-state index contributed by atoms with van der Waals surface area (Å²) < 4.78 is 0. The topological polar surface area (TPSA) is 52.7 Å². The lowest BCUT2D eigenvalue weighted by atomic mass is 9.84. The number of hydrogen-bond acceptors (Lipinski definition) is 3. The fourth-order valence-corrected chi connectivity index (χ4v) is 4.63.